The van der Waals surface area contributed by atoms with Gasteiger partial charge < -0.3 is 0 Å². The van der Waals surface area contributed by atoms with Gasteiger partial charge in [0.15, 0.2) is 0 Å². The fourth-order valence-corrected chi connectivity index (χ4v) is 1.71. The fourth-order valence-electron chi connectivity index (χ4n) is 1.71. The molecule has 0 bridgehead atoms. The summed E-state index contributed by atoms with van der Waals surface area (Å²) in [6, 6.07) is 3.02. The van der Waals surface area contributed by atoms with Gasteiger partial charge in [-0.15, -0.1) is 0 Å². The molecule has 2 aliphatic carbocycles. The van der Waals surface area contributed by atoms with Crippen LogP contribution in [0.2, 0.25) is 0 Å². The van der Waals surface area contributed by atoms with E-state index in [1.165, 1.54) is 12.8 Å². The van der Waals surface area contributed by atoms with Crippen LogP contribution in [-0.2, 0) is 5.41 Å². The lowest BCUT2D eigenvalue weighted by molar-refractivity contribution is 0.640. The molecule has 0 N–H and O–H groups in total. The minimum absolute atomic E-state index is 0.160. The standard InChI is InChI=1S/C10H11N3/c11-7-10(3-4-10)8-5-12-13(6-8)9-1-2-9/h5-6,9H,1-4H2. The zero-order chi connectivity index (χ0) is 8.89. The van der Waals surface area contributed by atoms with E-state index < -0.39 is 0 Å². The van der Waals surface area contributed by atoms with Gasteiger partial charge in [-0.05, 0) is 25.7 Å². The van der Waals surface area contributed by atoms with Gasteiger partial charge in [0.25, 0.3) is 0 Å². The normalized spacial score (nSPS) is 23.9. The van der Waals surface area contributed by atoms with E-state index in [-0.39, 0.29) is 5.41 Å². The molecular weight excluding hydrogens is 162 g/mol. The summed E-state index contributed by atoms with van der Waals surface area (Å²) in [5.41, 5.74) is 0.967. The number of aromatic nitrogens is 2. The van der Waals surface area contributed by atoms with Crippen molar-refractivity contribution in [2.24, 2.45) is 0 Å². The molecule has 3 nitrogen and oxygen atoms in total. The molecule has 2 aliphatic rings. The Labute approximate surface area is 77.0 Å². The molecule has 3 rings (SSSR count). The Kier molecular flexibility index (Phi) is 1.17. The molecule has 2 saturated carbocycles. The molecule has 0 spiro atoms. The highest BCUT2D eigenvalue weighted by Crippen LogP contribution is 2.48. The van der Waals surface area contributed by atoms with Crippen LogP contribution in [-0.4, -0.2) is 9.78 Å². The maximum atomic E-state index is 8.99. The summed E-state index contributed by atoms with van der Waals surface area (Å²) in [4.78, 5) is 0. The van der Waals surface area contributed by atoms with Crippen LogP contribution in [0, 0.1) is 11.3 Å². The molecule has 0 atom stereocenters. The van der Waals surface area contributed by atoms with Crippen LogP contribution in [0.4, 0.5) is 0 Å². The van der Waals surface area contributed by atoms with Gasteiger partial charge in [0.2, 0.25) is 0 Å². The van der Waals surface area contributed by atoms with Crippen molar-refractivity contribution in [3.8, 4) is 6.07 Å². The molecule has 3 heteroatoms. The average molecular weight is 173 g/mol. The first-order valence-electron chi connectivity index (χ1n) is 4.80. The molecule has 0 unspecified atom stereocenters. The second-order valence-corrected chi connectivity index (χ2v) is 4.13. The third-order valence-corrected chi connectivity index (χ3v) is 3.04. The Hall–Kier alpha value is -1.30. The van der Waals surface area contributed by atoms with E-state index in [1.807, 2.05) is 10.9 Å². The van der Waals surface area contributed by atoms with Crippen LogP contribution in [0.3, 0.4) is 0 Å². The molecule has 1 aromatic rings. The Balaban J connectivity index is 1.93. The predicted molar refractivity (Wildman–Crippen MR) is 47.0 cm³/mol. The highest BCUT2D eigenvalue weighted by molar-refractivity contribution is 5.35. The SMILES string of the molecule is N#CC1(c2cnn(C3CC3)c2)CC1. The van der Waals surface area contributed by atoms with E-state index in [2.05, 4.69) is 17.4 Å². The molecule has 13 heavy (non-hydrogen) atoms. The molecule has 1 heterocycles. The maximum Gasteiger partial charge on any atom is 0.0854 e. The Morgan fingerprint density at radius 3 is 2.85 bits per heavy atom. The Morgan fingerprint density at radius 1 is 1.54 bits per heavy atom. The number of hydrogen-bond donors (Lipinski definition) is 0. The van der Waals surface area contributed by atoms with E-state index in [9.17, 15) is 0 Å². The number of nitrogens with zero attached hydrogens (tertiary/aromatic N) is 3. The lowest BCUT2D eigenvalue weighted by Crippen LogP contribution is -2.00. The summed E-state index contributed by atoms with van der Waals surface area (Å²) in [6.45, 7) is 0. The molecular formula is C10H11N3. The van der Waals surface area contributed by atoms with Gasteiger partial charge in [-0.25, -0.2) is 0 Å². The van der Waals surface area contributed by atoms with Crippen molar-refractivity contribution in [3.63, 3.8) is 0 Å². The minimum atomic E-state index is -0.160. The zero-order valence-electron chi connectivity index (χ0n) is 7.40. The fraction of sp³-hybridized carbons (Fsp3) is 0.600. The van der Waals surface area contributed by atoms with E-state index in [1.54, 1.807) is 0 Å². The molecule has 0 saturated heterocycles. The zero-order valence-corrected chi connectivity index (χ0v) is 7.40. The smallest absolute Gasteiger partial charge is 0.0854 e. The number of nitriles is 1. The van der Waals surface area contributed by atoms with Crippen LogP contribution in [0.1, 0.15) is 37.3 Å². The topological polar surface area (TPSA) is 41.6 Å². The molecule has 0 aromatic carbocycles. The van der Waals surface area contributed by atoms with E-state index in [0.717, 1.165) is 18.4 Å². The lowest BCUT2D eigenvalue weighted by atomic mass is 10.0. The van der Waals surface area contributed by atoms with Crippen molar-refractivity contribution in [2.45, 2.75) is 37.1 Å². The van der Waals surface area contributed by atoms with E-state index in [0.29, 0.717) is 6.04 Å². The van der Waals surface area contributed by atoms with Gasteiger partial charge in [0, 0.05) is 11.8 Å². The van der Waals surface area contributed by atoms with Gasteiger partial charge in [-0.1, -0.05) is 0 Å². The van der Waals surface area contributed by atoms with Crippen molar-refractivity contribution in [2.75, 3.05) is 0 Å². The van der Waals surface area contributed by atoms with Gasteiger partial charge in [0.1, 0.15) is 0 Å². The third-order valence-electron chi connectivity index (χ3n) is 3.04. The summed E-state index contributed by atoms with van der Waals surface area (Å²) in [5.74, 6) is 0. The van der Waals surface area contributed by atoms with Crippen molar-refractivity contribution < 1.29 is 0 Å². The average Bonchev–Trinajstić information content (AvgIpc) is 3.07. The molecule has 1 aromatic heterocycles. The summed E-state index contributed by atoms with van der Waals surface area (Å²) in [6.07, 6.45) is 8.46. The van der Waals surface area contributed by atoms with Crippen molar-refractivity contribution in [1.82, 2.24) is 9.78 Å². The molecule has 0 aliphatic heterocycles. The minimum Gasteiger partial charge on any atom is -0.269 e. The summed E-state index contributed by atoms with van der Waals surface area (Å²) in [5, 5.41) is 13.3. The molecule has 0 amide bonds. The van der Waals surface area contributed by atoms with Crippen LogP contribution >= 0.6 is 0 Å². The molecule has 2 fully saturated rings. The molecule has 0 radical (unpaired) electrons. The Bertz CT molecular complexity index is 377. The lowest BCUT2D eigenvalue weighted by Gasteiger charge is -1.99. The highest BCUT2D eigenvalue weighted by atomic mass is 15.3. The summed E-state index contributed by atoms with van der Waals surface area (Å²) >= 11 is 0. The number of rotatable bonds is 2. The maximum absolute atomic E-state index is 8.99. The van der Waals surface area contributed by atoms with E-state index in [4.69, 9.17) is 5.26 Å². The van der Waals surface area contributed by atoms with Gasteiger partial charge in [-0.3, -0.25) is 4.68 Å². The van der Waals surface area contributed by atoms with Crippen LogP contribution < -0.4 is 0 Å². The monoisotopic (exact) mass is 173 g/mol. The van der Waals surface area contributed by atoms with Crippen LogP contribution in [0.25, 0.3) is 0 Å². The van der Waals surface area contributed by atoms with Gasteiger partial charge in [-0.2, -0.15) is 10.4 Å². The second kappa shape index (κ2) is 2.14. The van der Waals surface area contributed by atoms with Gasteiger partial charge in [0.05, 0.1) is 23.7 Å². The summed E-state index contributed by atoms with van der Waals surface area (Å²) in [7, 11) is 0. The highest BCUT2D eigenvalue weighted by Gasteiger charge is 2.46. The van der Waals surface area contributed by atoms with Crippen molar-refractivity contribution >= 4 is 0 Å². The first-order valence-corrected chi connectivity index (χ1v) is 4.80. The van der Waals surface area contributed by atoms with Crippen molar-refractivity contribution in [1.29, 1.82) is 5.26 Å². The third kappa shape index (κ3) is 0.983. The van der Waals surface area contributed by atoms with E-state index >= 15 is 0 Å². The second-order valence-electron chi connectivity index (χ2n) is 4.13. The van der Waals surface area contributed by atoms with Crippen molar-refractivity contribution in [3.05, 3.63) is 18.0 Å². The largest absolute Gasteiger partial charge is 0.269 e. The van der Waals surface area contributed by atoms with Crippen LogP contribution in [0.5, 0.6) is 0 Å². The number of hydrogen-bond acceptors (Lipinski definition) is 2. The summed E-state index contributed by atoms with van der Waals surface area (Å²) < 4.78 is 2.02. The predicted octanol–water partition coefficient (Wildman–Crippen LogP) is 1.77. The first kappa shape index (κ1) is 7.14. The first-order chi connectivity index (χ1) is 6.34. The molecule has 66 valence electrons. The Morgan fingerprint density at radius 2 is 2.31 bits per heavy atom. The quantitative estimate of drug-likeness (QED) is 0.684. The van der Waals surface area contributed by atoms with Crippen LogP contribution in [0.15, 0.2) is 12.4 Å². The van der Waals surface area contributed by atoms with Gasteiger partial charge >= 0.3 is 0 Å².